The Balaban J connectivity index is 1.49. The van der Waals surface area contributed by atoms with E-state index in [9.17, 15) is 0 Å². The van der Waals surface area contributed by atoms with Crippen molar-refractivity contribution in [3.8, 4) is 46.0 Å². The lowest BCUT2D eigenvalue weighted by atomic mass is 9.86. The van der Waals surface area contributed by atoms with E-state index in [0.717, 1.165) is 27.8 Å². The first-order valence-corrected chi connectivity index (χ1v) is 15.4. The first-order chi connectivity index (χ1) is 20.7. The van der Waals surface area contributed by atoms with Gasteiger partial charge in [0, 0.05) is 27.8 Å². The van der Waals surface area contributed by atoms with Gasteiger partial charge in [-0.25, -0.2) is 15.0 Å². The molecule has 5 rings (SSSR count). The number of hydrogen-bond acceptors (Lipinski definition) is 3. The van der Waals surface area contributed by atoms with Crippen LogP contribution in [0.25, 0.3) is 34.2 Å². The van der Waals surface area contributed by atoms with Crippen molar-refractivity contribution in [1.82, 2.24) is 15.0 Å². The molecule has 5 aromatic rings. The Morgan fingerprint density at radius 2 is 0.568 bits per heavy atom. The van der Waals surface area contributed by atoms with Gasteiger partial charge in [-0.05, 0) is 69.3 Å². The summed E-state index contributed by atoms with van der Waals surface area (Å²) in [6.07, 6.45) is 0. The van der Waals surface area contributed by atoms with Crippen LogP contribution in [0, 0.1) is 11.8 Å². The summed E-state index contributed by atoms with van der Waals surface area (Å²) in [7, 11) is 0. The maximum atomic E-state index is 4.94. The molecule has 0 spiro atoms. The van der Waals surface area contributed by atoms with Crippen molar-refractivity contribution in [2.75, 3.05) is 0 Å². The van der Waals surface area contributed by atoms with E-state index in [1.54, 1.807) is 0 Å². The van der Waals surface area contributed by atoms with Gasteiger partial charge in [-0.15, -0.1) is 0 Å². The van der Waals surface area contributed by atoms with Gasteiger partial charge < -0.3 is 0 Å². The van der Waals surface area contributed by atoms with Crippen molar-refractivity contribution < 1.29 is 0 Å². The van der Waals surface area contributed by atoms with Crippen molar-refractivity contribution in [1.29, 1.82) is 0 Å². The average molecular weight is 578 g/mol. The summed E-state index contributed by atoms with van der Waals surface area (Å²) in [5, 5.41) is 0. The second-order valence-corrected chi connectivity index (χ2v) is 14.6. The van der Waals surface area contributed by atoms with Gasteiger partial charge in [-0.1, -0.05) is 135 Å². The average Bonchev–Trinajstić information content (AvgIpc) is 2.99. The number of rotatable bonds is 3. The van der Waals surface area contributed by atoms with Gasteiger partial charge in [0.15, 0.2) is 17.5 Å². The van der Waals surface area contributed by atoms with Gasteiger partial charge in [0.1, 0.15) is 0 Å². The Hall–Kier alpha value is -4.55. The topological polar surface area (TPSA) is 38.7 Å². The van der Waals surface area contributed by atoms with Crippen molar-refractivity contribution in [2.45, 2.75) is 78.6 Å². The van der Waals surface area contributed by atoms with Gasteiger partial charge in [-0.2, -0.15) is 0 Å². The molecular weight excluding hydrogens is 534 g/mol. The second kappa shape index (κ2) is 11.9. The van der Waals surface area contributed by atoms with Gasteiger partial charge in [-0.3, -0.25) is 0 Å². The molecule has 0 radical (unpaired) electrons. The van der Waals surface area contributed by atoms with Crippen LogP contribution in [0.1, 0.15) is 90.1 Å². The van der Waals surface area contributed by atoms with Crippen LogP contribution in [-0.2, 0) is 16.2 Å². The molecule has 0 saturated carbocycles. The number of nitrogens with zero attached hydrogens (tertiary/aromatic N) is 3. The zero-order chi connectivity index (χ0) is 31.7. The molecule has 1 heterocycles. The van der Waals surface area contributed by atoms with Crippen LogP contribution in [0.4, 0.5) is 0 Å². The number of aromatic nitrogens is 3. The van der Waals surface area contributed by atoms with Crippen LogP contribution in [0.15, 0.2) is 97.1 Å². The van der Waals surface area contributed by atoms with Crippen molar-refractivity contribution in [3.63, 3.8) is 0 Å². The van der Waals surface area contributed by atoms with E-state index in [4.69, 9.17) is 15.0 Å². The van der Waals surface area contributed by atoms with E-state index < -0.39 is 0 Å². The van der Waals surface area contributed by atoms with Gasteiger partial charge in [0.25, 0.3) is 0 Å². The van der Waals surface area contributed by atoms with Crippen molar-refractivity contribution >= 4 is 0 Å². The van der Waals surface area contributed by atoms with Crippen LogP contribution in [0.3, 0.4) is 0 Å². The normalized spacial score (nSPS) is 12.0. The third-order valence-corrected chi connectivity index (χ3v) is 7.90. The summed E-state index contributed by atoms with van der Waals surface area (Å²) >= 11 is 0. The van der Waals surface area contributed by atoms with E-state index in [-0.39, 0.29) is 16.2 Å². The first-order valence-electron chi connectivity index (χ1n) is 15.4. The molecule has 0 bridgehead atoms. The first kappa shape index (κ1) is 30.9. The maximum absolute atomic E-state index is 4.94. The van der Waals surface area contributed by atoms with E-state index in [1.165, 1.54) is 16.7 Å². The Morgan fingerprint density at radius 3 is 0.841 bits per heavy atom. The molecule has 0 aliphatic carbocycles. The van der Waals surface area contributed by atoms with Gasteiger partial charge in [0.2, 0.25) is 0 Å². The Kier molecular flexibility index (Phi) is 8.32. The second-order valence-electron chi connectivity index (χ2n) is 14.6. The third-order valence-electron chi connectivity index (χ3n) is 7.90. The highest BCUT2D eigenvalue weighted by Crippen LogP contribution is 2.29. The molecule has 0 atom stereocenters. The SMILES string of the molecule is CC(C)(C)c1ccc(C#Cc2ccc(-c3nc(-c4ccc(C(C)(C)C)cc4)nc(-c4ccc(C(C)(C)C)cc4)n3)cc2)cc1. The Morgan fingerprint density at radius 1 is 0.341 bits per heavy atom. The molecule has 222 valence electrons. The molecule has 0 unspecified atom stereocenters. The minimum Gasteiger partial charge on any atom is -0.208 e. The molecule has 0 saturated heterocycles. The molecule has 4 aromatic carbocycles. The quantitative estimate of drug-likeness (QED) is 0.200. The monoisotopic (exact) mass is 577 g/mol. The van der Waals surface area contributed by atoms with Gasteiger partial charge >= 0.3 is 0 Å². The summed E-state index contributed by atoms with van der Waals surface area (Å²) < 4.78 is 0. The van der Waals surface area contributed by atoms with Crippen LogP contribution in [0.2, 0.25) is 0 Å². The summed E-state index contributed by atoms with van der Waals surface area (Å²) in [5.74, 6) is 8.56. The summed E-state index contributed by atoms with van der Waals surface area (Å²) in [4.78, 5) is 14.8. The zero-order valence-corrected chi connectivity index (χ0v) is 27.6. The largest absolute Gasteiger partial charge is 0.208 e. The van der Waals surface area contributed by atoms with Gasteiger partial charge in [0.05, 0.1) is 0 Å². The Labute approximate surface area is 263 Å². The fourth-order valence-corrected chi connectivity index (χ4v) is 4.90. The lowest BCUT2D eigenvalue weighted by Gasteiger charge is -2.19. The maximum Gasteiger partial charge on any atom is 0.164 e. The predicted octanol–water partition coefficient (Wildman–Crippen LogP) is 10.2. The molecule has 44 heavy (non-hydrogen) atoms. The highest BCUT2D eigenvalue weighted by Gasteiger charge is 2.17. The lowest BCUT2D eigenvalue weighted by molar-refractivity contribution is 0.590. The summed E-state index contributed by atoms with van der Waals surface area (Å²) in [6, 6.07) is 33.8. The smallest absolute Gasteiger partial charge is 0.164 e. The molecule has 0 fully saturated rings. The molecule has 0 N–H and O–H groups in total. The van der Waals surface area contributed by atoms with Crippen LogP contribution in [-0.4, -0.2) is 15.0 Å². The highest BCUT2D eigenvalue weighted by atomic mass is 15.0. The van der Waals surface area contributed by atoms with E-state index >= 15 is 0 Å². The molecular formula is C41H43N3. The minimum atomic E-state index is 0.0727. The molecule has 1 aromatic heterocycles. The zero-order valence-electron chi connectivity index (χ0n) is 27.6. The fourth-order valence-electron chi connectivity index (χ4n) is 4.90. The van der Waals surface area contributed by atoms with Crippen LogP contribution in [0.5, 0.6) is 0 Å². The highest BCUT2D eigenvalue weighted by molar-refractivity contribution is 5.67. The third kappa shape index (κ3) is 7.32. The lowest BCUT2D eigenvalue weighted by Crippen LogP contribution is -2.10. The summed E-state index contributed by atoms with van der Waals surface area (Å²) in [5.41, 5.74) is 8.93. The predicted molar refractivity (Wildman–Crippen MR) is 185 cm³/mol. The molecule has 0 amide bonds. The van der Waals surface area contributed by atoms with Crippen molar-refractivity contribution in [2.24, 2.45) is 0 Å². The molecule has 0 aliphatic rings. The van der Waals surface area contributed by atoms with E-state index in [2.05, 4.69) is 147 Å². The Bertz CT molecular complexity index is 1720. The number of benzene rings is 4. The standard InChI is InChI=1S/C41H43N3/c1-39(2,3)33-22-14-29(15-23-33)11-10-28-12-16-30(17-13-28)36-42-37(31-18-24-34(25-19-31)40(4,5)6)44-38(43-36)32-20-26-35(27-21-32)41(7,8)9/h12-27H,1-9H3. The van der Waals surface area contributed by atoms with E-state index in [1.807, 2.05) is 24.3 Å². The fraction of sp³-hybridized carbons (Fsp3) is 0.293. The van der Waals surface area contributed by atoms with Crippen LogP contribution >= 0.6 is 0 Å². The summed E-state index contributed by atoms with van der Waals surface area (Å²) in [6.45, 7) is 20.0. The molecule has 3 nitrogen and oxygen atoms in total. The number of hydrogen-bond donors (Lipinski definition) is 0. The van der Waals surface area contributed by atoms with E-state index in [0.29, 0.717) is 17.5 Å². The molecule has 0 aliphatic heterocycles. The minimum absolute atomic E-state index is 0.0727. The molecule has 3 heteroatoms. The van der Waals surface area contributed by atoms with Crippen LogP contribution < -0.4 is 0 Å². The van der Waals surface area contributed by atoms with Crippen molar-refractivity contribution in [3.05, 3.63) is 125 Å².